The van der Waals surface area contributed by atoms with Crippen LogP contribution in [0.15, 0.2) is 47.6 Å². The van der Waals surface area contributed by atoms with Gasteiger partial charge in [-0.15, -0.1) is 10.2 Å². The van der Waals surface area contributed by atoms with E-state index in [2.05, 4.69) is 34.7 Å². The predicted molar refractivity (Wildman–Crippen MR) is 133 cm³/mol. The number of carbonyl (C=O) groups excluding carboxylic acids is 2. The van der Waals surface area contributed by atoms with Crippen LogP contribution in [0.2, 0.25) is 10.0 Å². The van der Waals surface area contributed by atoms with Crippen LogP contribution in [0.4, 0.5) is 5.69 Å². The first kappa shape index (κ1) is 25.1. The molecule has 0 spiro atoms. The van der Waals surface area contributed by atoms with Gasteiger partial charge in [0.1, 0.15) is 0 Å². The highest BCUT2D eigenvalue weighted by Crippen LogP contribution is 2.25. The number of nitrogens with one attached hydrogen (secondary N) is 2. The first-order valence-corrected chi connectivity index (χ1v) is 12.1. The minimum Gasteiger partial charge on any atom is -0.342 e. The molecule has 0 aliphatic heterocycles. The van der Waals surface area contributed by atoms with Gasteiger partial charge in [0.25, 0.3) is 5.91 Å². The summed E-state index contributed by atoms with van der Waals surface area (Å²) in [5.41, 5.74) is 2.22. The van der Waals surface area contributed by atoms with Crippen molar-refractivity contribution < 1.29 is 9.59 Å². The fourth-order valence-corrected chi connectivity index (χ4v) is 4.48. The molecular weight excluding hydrogens is 481 g/mol. The second-order valence-electron chi connectivity index (χ2n) is 7.80. The van der Waals surface area contributed by atoms with E-state index in [-0.39, 0.29) is 22.6 Å². The lowest BCUT2D eigenvalue weighted by Gasteiger charge is -2.14. The zero-order valence-corrected chi connectivity index (χ0v) is 21.1. The number of anilines is 1. The van der Waals surface area contributed by atoms with Crippen LogP contribution in [-0.2, 0) is 11.8 Å². The Kier molecular flexibility index (Phi) is 8.40. The van der Waals surface area contributed by atoms with E-state index in [4.69, 9.17) is 23.2 Å². The molecule has 0 unspecified atom stereocenters. The fourth-order valence-electron chi connectivity index (χ4n) is 3.27. The molecule has 33 heavy (non-hydrogen) atoms. The van der Waals surface area contributed by atoms with Gasteiger partial charge in [0.2, 0.25) is 5.91 Å². The maximum absolute atomic E-state index is 12.6. The molecule has 0 aliphatic carbocycles. The Morgan fingerprint density at radius 3 is 2.52 bits per heavy atom. The molecule has 1 heterocycles. The summed E-state index contributed by atoms with van der Waals surface area (Å²) in [6.45, 7) is 5.97. The van der Waals surface area contributed by atoms with Crippen LogP contribution in [0, 0.1) is 0 Å². The van der Waals surface area contributed by atoms with Crippen LogP contribution >= 0.6 is 35.0 Å². The van der Waals surface area contributed by atoms with Gasteiger partial charge in [-0.25, -0.2) is 0 Å². The molecule has 0 bridgehead atoms. The number of thioether (sulfide) groups is 1. The number of rotatable bonds is 8. The standard InChI is InChI=1S/C23H25Cl2N5O2S/c1-13(2)16-7-5-6-8-19(16)27-20(31)12-33-23-29-28-21(30(23)4)14(3)26-22(32)17-10-9-15(24)11-18(17)25/h5-11,13-14H,12H2,1-4H3,(H,26,32)(H,27,31)/t14-/m0/s1. The molecule has 0 fully saturated rings. The topological polar surface area (TPSA) is 88.9 Å². The third kappa shape index (κ3) is 6.28. The molecule has 3 rings (SSSR count). The Bertz CT molecular complexity index is 1170. The van der Waals surface area contributed by atoms with Crippen molar-refractivity contribution in [3.8, 4) is 0 Å². The first-order chi connectivity index (χ1) is 15.7. The van der Waals surface area contributed by atoms with Crippen molar-refractivity contribution in [2.45, 2.75) is 37.9 Å². The molecule has 3 aromatic rings. The van der Waals surface area contributed by atoms with Crippen LogP contribution < -0.4 is 10.6 Å². The van der Waals surface area contributed by atoms with E-state index in [9.17, 15) is 9.59 Å². The van der Waals surface area contributed by atoms with E-state index in [1.54, 1.807) is 30.7 Å². The van der Waals surface area contributed by atoms with Crippen LogP contribution in [-0.4, -0.2) is 32.3 Å². The number of carbonyl (C=O) groups is 2. The molecule has 2 amide bonds. The number of benzene rings is 2. The number of nitrogens with zero attached hydrogens (tertiary/aromatic N) is 3. The second-order valence-corrected chi connectivity index (χ2v) is 9.58. The van der Waals surface area contributed by atoms with E-state index in [1.165, 1.54) is 17.8 Å². The molecule has 1 aromatic heterocycles. The Labute approximate surface area is 207 Å². The average Bonchev–Trinajstić information content (AvgIpc) is 3.12. The van der Waals surface area contributed by atoms with Crippen LogP contribution in [0.3, 0.4) is 0 Å². The molecule has 7 nitrogen and oxygen atoms in total. The molecule has 0 saturated carbocycles. The summed E-state index contributed by atoms with van der Waals surface area (Å²) < 4.78 is 1.76. The third-order valence-electron chi connectivity index (χ3n) is 4.97. The monoisotopic (exact) mass is 505 g/mol. The maximum Gasteiger partial charge on any atom is 0.253 e. The number of para-hydroxylation sites is 1. The molecular formula is C23H25Cl2N5O2S. The Balaban J connectivity index is 1.61. The molecule has 2 N–H and O–H groups in total. The molecule has 0 aliphatic rings. The van der Waals surface area contributed by atoms with Gasteiger partial charge in [0.15, 0.2) is 11.0 Å². The number of hydrogen-bond donors (Lipinski definition) is 2. The van der Waals surface area contributed by atoms with Gasteiger partial charge >= 0.3 is 0 Å². The normalized spacial score (nSPS) is 12.0. The second kappa shape index (κ2) is 11.0. The summed E-state index contributed by atoms with van der Waals surface area (Å²) >= 11 is 13.3. The zero-order chi connectivity index (χ0) is 24.1. The third-order valence-corrected chi connectivity index (χ3v) is 6.54. The van der Waals surface area contributed by atoms with E-state index >= 15 is 0 Å². The Morgan fingerprint density at radius 2 is 1.82 bits per heavy atom. The summed E-state index contributed by atoms with van der Waals surface area (Å²) in [4.78, 5) is 25.1. The van der Waals surface area contributed by atoms with Crippen molar-refractivity contribution in [1.29, 1.82) is 0 Å². The largest absolute Gasteiger partial charge is 0.342 e. The van der Waals surface area contributed by atoms with E-state index in [1.807, 2.05) is 24.3 Å². The van der Waals surface area contributed by atoms with Crippen LogP contribution in [0.25, 0.3) is 0 Å². The van der Waals surface area contributed by atoms with Crippen molar-refractivity contribution in [2.75, 3.05) is 11.1 Å². The van der Waals surface area contributed by atoms with Crippen LogP contribution in [0.1, 0.15) is 54.5 Å². The van der Waals surface area contributed by atoms with Crippen molar-refractivity contribution in [3.63, 3.8) is 0 Å². The van der Waals surface area contributed by atoms with Crippen molar-refractivity contribution in [2.24, 2.45) is 7.05 Å². The van der Waals surface area contributed by atoms with Gasteiger partial charge in [-0.05, 0) is 42.7 Å². The van der Waals surface area contributed by atoms with Gasteiger partial charge in [-0.2, -0.15) is 0 Å². The van der Waals surface area contributed by atoms with Gasteiger partial charge in [-0.3, -0.25) is 9.59 Å². The van der Waals surface area contributed by atoms with Crippen molar-refractivity contribution in [3.05, 3.63) is 69.5 Å². The van der Waals surface area contributed by atoms with Crippen LogP contribution in [0.5, 0.6) is 0 Å². The Hall–Kier alpha value is -2.55. The minimum atomic E-state index is -0.428. The summed E-state index contributed by atoms with van der Waals surface area (Å²) in [6.07, 6.45) is 0. The van der Waals surface area contributed by atoms with E-state index < -0.39 is 6.04 Å². The van der Waals surface area contributed by atoms with Gasteiger partial charge in [0.05, 0.1) is 22.4 Å². The number of aromatic nitrogens is 3. The molecule has 10 heteroatoms. The van der Waals surface area contributed by atoms with Crippen molar-refractivity contribution >= 4 is 52.5 Å². The lowest BCUT2D eigenvalue weighted by molar-refractivity contribution is -0.113. The molecule has 0 saturated heterocycles. The highest BCUT2D eigenvalue weighted by atomic mass is 35.5. The predicted octanol–water partition coefficient (Wildman–Crippen LogP) is 5.47. The summed E-state index contributed by atoms with van der Waals surface area (Å²) in [6, 6.07) is 12.0. The van der Waals surface area contributed by atoms with Gasteiger partial charge in [-0.1, -0.05) is 67.0 Å². The Morgan fingerprint density at radius 1 is 1.09 bits per heavy atom. The smallest absolute Gasteiger partial charge is 0.253 e. The summed E-state index contributed by atoms with van der Waals surface area (Å²) in [7, 11) is 1.79. The highest BCUT2D eigenvalue weighted by molar-refractivity contribution is 7.99. The number of hydrogen-bond acceptors (Lipinski definition) is 5. The average molecular weight is 506 g/mol. The lowest BCUT2D eigenvalue weighted by atomic mass is 10.0. The SMILES string of the molecule is CC(C)c1ccccc1NC(=O)CSc1nnc([C@H](C)NC(=O)c2ccc(Cl)cc2Cl)n1C. The first-order valence-electron chi connectivity index (χ1n) is 10.3. The summed E-state index contributed by atoms with van der Waals surface area (Å²) in [5.74, 6) is 0.567. The zero-order valence-electron chi connectivity index (χ0n) is 18.7. The van der Waals surface area contributed by atoms with Gasteiger partial charge < -0.3 is 15.2 Å². The number of halogens is 2. The van der Waals surface area contributed by atoms with E-state index in [0.717, 1.165) is 11.3 Å². The number of amides is 2. The van der Waals surface area contributed by atoms with E-state index in [0.29, 0.717) is 27.5 Å². The quantitative estimate of drug-likeness (QED) is 0.396. The maximum atomic E-state index is 12.6. The van der Waals surface area contributed by atoms with Gasteiger partial charge in [0, 0.05) is 17.8 Å². The molecule has 1 atom stereocenters. The molecule has 0 radical (unpaired) electrons. The molecule has 174 valence electrons. The highest BCUT2D eigenvalue weighted by Gasteiger charge is 2.20. The lowest BCUT2D eigenvalue weighted by Crippen LogP contribution is -2.28. The minimum absolute atomic E-state index is 0.128. The van der Waals surface area contributed by atoms with Crippen molar-refractivity contribution in [1.82, 2.24) is 20.1 Å². The molecule has 2 aromatic carbocycles. The summed E-state index contributed by atoms with van der Waals surface area (Å²) in [5, 5.41) is 15.5. The fraction of sp³-hybridized carbons (Fsp3) is 0.304.